The van der Waals surface area contributed by atoms with Crippen molar-refractivity contribution in [3.05, 3.63) is 12.7 Å². The number of halogens is 1. The lowest BCUT2D eigenvalue weighted by atomic mass is 10.8. The molecule has 0 amide bonds. The molecule has 4 heteroatoms. The van der Waals surface area contributed by atoms with Gasteiger partial charge >= 0.3 is 0 Å². The van der Waals surface area contributed by atoms with Crippen molar-refractivity contribution in [2.45, 2.75) is 5.12 Å². The number of alkyl halides is 1. The summed E-state index contributed by atoms with van der Waals surface area (Å²) in [4.78, 5) is 8.16. The van der Waals surface area contributed by atoms with Crippen LogP contribution in [0.4, 0.5) is 0 Å². The van der Waals surface area contributed by atoms with Crippen LogP contribution in [0.25, 0.3) is 0 Å². The van der Waals surface area contributed by atoms with Crippen molar-refractivity contribution < 1.29 is 9.46 Å². The Morgan fingerprint density at radius 2 is 2.43 bits per heavy atom. The molecule has 0 aliphatic carbocycles. The minimum atomic E-state index is -2.57. The summed E-state index contributed by atoms with van der Waals surface area (Å²) in [5, 5.41) is -0.759. The van der Waals surface area contributed by atoms with Crippen LogP contribution < -0.4 is 0 Å². The lowest BCUT2D eigenvalue weighted by Crippen LogP contribution is -1.79. The van der Waals surface area contributed by atoms with Gasteiger partial charge in [0.05, 0.1) is 0 Å². The standard InChI is InChI=1S/C3H6ClO2P/c1-2-3(4)7(5)6/h2-3,7H,1H2,(H,5,6). The molecule has 0 saturated carbocycles. The maximum absolute atomic E-state index is 9.91. The van der Waals surface area contributed by atoms with Gasteiger partial charge in [-0.3, -0.25) is 4.57 Å². The van der Waals surface area contributed by atoms with E-state index in [1.165, 1.54) is 6.08 Å². The molecule has 0 saturated heterocycles. The summed E-state index contributed by atoms with van der Waals surface area (Å²) in [5.41, 5.74) is 0. The van der Waals surface area contributed by atoms with Crippen LogP contribution >= 0.6 is 19.6 Å². The summed E-state index contributed by atoms with van der Waals surface area (Å²) in [7, 11) is -2.57. The van der Waals surface area contributed by atoms with E-state index in [0.29, 0.717) is 0 Å². The largest absolute Gasteiger partial charge is 0.345 e. The molecule has 42 valence electrons. The lowest BCUT2D eigenvalue weighted by Gasteiger charge is -1.91. The number of hydrogen-bond acceptors (Lipinski definition) is 1. The van der Waals surface area contributed by atoms with Crippen molar-refractivity contribution in [2.75, 3.05) is 0 Å². The van der Waals surface area contributed by atoms with E-state index in [0.717, 1.165) is 0 Å². The van der Waals surface area contributed by atoms with Gasteiger partial charge < -0.3 is 4.89 Å². The minimum Gasteiger partial charge on any atom is -0.345 e. The van der Waals surface area contributed by atoms with E-state index < -0.39 is 13.1 Å². The van der Waals surface area contributed by atoms with Gasteiger partial charge in [-0.2, -0.15) is 0 Å². The maximum atomic E-state index is 9.91. The smallest absolute Gasteiger partial charge is 0.210 e. The molecule has 0 heterocycles. The molecule has 0 aromatic rings. The minimum absolute atomic E-state index is 0.759. The summed E-state index contributed by atoms with van der Waals surface area (Å²) in [6, 6.07) is 0. The Balaban J connectivity index is 3.55. The molecule has 2 unspecified atom stereocenters. The zero-order chi connectivity index (χ0) is 5.86. The third-order valence-electron chi connectivity index (χ3n) is 0.443. The molecule has 0 spiro atoms. The van der Waals surface area contributed by atoms with E-state index in [9.17, 15) is 4.57 Å². The maximum Gasteiger partial charge on any atom is 0.210 e. The normalized spacial score (nSPS) is 18.0. The molecular weight excluding hydrogens is 134 g/mol. The molecule has 7 heavy (non-hydrogen) atoms. The van der Waals surface area contributed by atoms with Gasteiger partial charge in [0.15, 0.2) is 0 Å². The van der Waals surface area contributed by atoms with Crippen LogP contribution in [0.2, 0.25) is 0 Å². The van der Waals surface area contributed by atoms with E-state index >= 15 is 0 Å². The Labute approximate surface area is 47.7 Å². The first-order valence-electron chi connectivity index (χ1n) is 1.68. The van der Waals surface area contributed by atoms with Gasteiger partial charge in [-0.25, -0.2) is 0 Å². The quantitative estimate of drug-likeness (QED) is 0.356. The molecule has 0 rings (SSSR count). The second kappa shape index (κ2) is 3.25. The molecule has 0 aliphatic heterocycles. The summed E-state index contributed by atoms with van der Waals surface area (Å²) in [5.74, 6) is 0. The van der Waals surface area contributed by atoms with Crippen molar-refractivity contribution in [2.24, 2.45) is 0 Å². The van der Waals surface area contributed by atoms with Crippen molar-refractivity contribution in [1.29, 1.82) is 0 Å². The molecular formula is C3H6ClO2P. The predicted octanol–water partition coefficient (Wildman–Crippen LogP) is 1.20. The molecule has 0 aromatic carbocycles. The van der Waals surface area contributed by atoms with Crippen molar-refractivity contribution >= 4 is 19.6 Å². The summed E-state index contributed by atoms with van der Waals surface area (Å²) < 4.78 is 9.91. The fourth-order valence-electron chi connectivity index (χ4n) is 0.101. The highest BCUT2D eigenvalue weighted by molar-refractivity contribution is 7.41. The van der Waals surface area contributed by atoms with Crippen molar-refractivity contribution in [3.8, 4) is 0 Å². The molecule has 0 bridgehead atoms. The van der Waals surface area contributed by atoms with E-state index in [1.54, 1.807) is 0 Å². The fraction of sp³-hybridized carbons (Fsp3) is 0.333. The molecule has 0 radical (unpaired) electrons. The highest BCUT2D eigenvalue weighted by atomic mass is 35.5. The van der Waals surface area contributed by atoms with E-state index in [2.05, 4.69) is 6.58 Å². The van der Waals surface area contributed by atoms with Crippen LogP contribution in [0.5, 0.6) is 0 Å². The first-order valence-corrected chi connectivity index (χ1v) is 3.55. The van der Waals surface area contributed by atoms with E-state index in [4.69, 9.17) is 16.5 Å². The highest BCUT2D eigenvalue weighted by Gasteiger charge is 2.01. The predicted molar refractivity (Wildman–Crippen MR) is 31.1 cm³/mol. The summed E-state index contributed by atoms with van der Waals surface area (Å²) >= 11 is 5.16. The first kappa shape index (κ1) is 7.22. The fourth-order valence-corrected chi connectivity index (χ4v) is 0.302. The van der Waals surface area contributed by atoms with Gasteiger partial charge in [0.25, 0.3) is 0 Å². The third-order valence-corrected chi connectivity index (χ3v) is 1.89. The van der Waals surface area contributed by atoms with Crippen molar-refractivity contribution in [3.63, 3.8) is 0 Å². The Hall–Kier alpha value is 0.220. The van der Waals surface area contributed by atoms with Crippen LogP contribution in [0.3, 0.4) is 0 Å². The second-order valence-corrected chi connectivity index (χ2v) is 3.11. The van der Waals surface area contributed by atoms with Crippen LogP contribution in [0, 0.1) is 0 Å². The molecule has 0 fully saturated rings. The Morgan fingerprint density at radius 3 is 2.43 bits per heavy atom. The molecule has 0 aliphatic rings. The highest BCUT2D eigenvalue weighted by Crippen LogP contribution is 2.25. The Morgan fingerprint density at radius 1 is 2.00 bits per heavy atom. The summed E-state index contributed by atoms with van der Waals surface area (Å²) in [6.45, 7) is 3.22. The average molecular weight is 141 g/mol. The third kappa shape index (κ3) is 2.86. The first-order chi connectivity index (χ1) is 3.18. The molecule has 1 N–H and O–H groups in total. The monoisotopic (exact) mass is 140 g/mol. The Kier molecular flexibility index (Phi) is 3.35. The van der Waals surface area contributed by atoms with E-state index in [1.807, 2.05) is 0 Å². The lowest BCUT2D eigenvalue weighted by molar-refractivity contribution is 0.503. The zero-order valence-electron chi connectivity index (χ0n) is 3.60. The van der Waals surface area contributed by atoms with Crippen LogP contribution in [-0.4, -0.2) is 10.0 Å². The van der Waals surface area contributed by atoms with Gasteiger partial charge in [0.2, 0.25) is 8.03 Å². The molecule has 2 atom stereocenters. The van der Waals surface area contributed by atoms with Crippen LogP contribution in [-0.2, 0) is 4.57 Å². The summed E-state index contributed by atoms with van der Waals surface area (Å²) in [6.07, 6.45) is 1.24. The molecule has 0 aromatic heterocycles. The van der Waals surface area contributed by atoms with Gasteiger partial charge in [-0.05, 0) is 0 Å². The zero-order valence-corrected chi connectivity index (χ0v) is 5.35. The SMILES string of the molecule is C=CC(Cl)[PH](=O)O. The van der Waals surface area contributed by atoms with Gasteiger partial charge in [0, 0.05) is 0 Å². The van der Waals surface area contributed by atoms with Crippen LogP contribution in [0.15, 0.2) is 12.7 Å². The second-order valence-electron chi connectivity index (χ2n) is 0.976. The number of rotatable bonds is 2. The Bertz CT molecular complexity index is 92.9. The average Bonchev–Trinajstić information content (AvgIpc) is 1.65. The van der Waals surface area contributed by atoms with Gasteiger partial charge in [0.1, 0.15) is 5.12 Å². The topological polar surface area (TPSA) is 37.3 Å². The van der Waals surface area contributed by atoms with Crippen molar-refractivity contribution in [1.82, 2.24) is 0 Å². The van der Waals surface area contributed by atoms with Crippen LogP contribution in [0.1, 0.15) is 0 Å². The number of hydrogen-bond donors (Lipinski definition) is 1. The number of allylic oxidation sites excluding steroid dienone is 1. The van der Waals surface area contributed by atoms with Gasteiger partial charge in [-0.15, -0.1) is 18.2 Å². The van der Waals surface area contributed by atoms with E-state index in [-0.39, 0.29) is 0 Å². The molecule has 2 nitrogen and oxygen atoms in total. The van der Waals surface area contributed by atoms with Gasteiger partial charge in [-0.1, -0.05) is 6.08 Å².